The summed E-state index contributed by atoms with van der Waals surface area (Å²) in [5.41, 5.74) is 6.91. The van der Waals surface area contributed by atoms with Crippen LogP contribution in [0.3, 0.4) is 0 Å². The predicted molar refractivity (Wildman–Crippen MR) is 93.5 cm³/mol. The molecule has 1 aromatic heterocycles. The van der Waals surface area contributed by atoms with Crippen LogP contribution in [0, 0.1) is 0 Å². The Balaban J connectivity index is 2.29. The molecule has 0 saturated carbocycles. The highest BCUT2D eigenvalue weighted by Crippen LogP contribution is 2.28. The van der Waals surface area contributed by atoms with Crippen LogP contribution in [0.1, 0.15) is 40.1 Å². The minimum atomic E-state index is -0.530. The second-order valence-electron chi connectivity index (χ2n) is 4.95. The summed E-state index contributed by atoms with van der Waals surface area (Å²) in [5, 5.41) is 0. The van der Waals surface area contributed by atoms with E-state index in [0.29, 0.717) is 47.7 Å². The Morgan fingerprint density at radius 2 is 1.84 bits per heavy atom. The first-order valence-corrected chi connectivity index (χ1v) is 7.77. The SMILES string of the molecule is CCOc1ccc(C(=O)N=C(N)c2cncc(C=O)c2)cc1OCC. The lowest BCUT2D eigenvalue weighted by Crippen LogP contribution is -2.16. The van der Waals surface area contributed by atoms with Crippen molar-refractivity contribution in [3.05, 3.63) is 53.3 Å². The van der Waals surface area contributed by atoms with E-state index < -0.39 is 5.91 Å². The smallest absolute Gasteiger partial charge is 0.279 e. The summed E-state index contributed by atoms with van der Waals surface area (Å²) in [5.74, 6) is 0.473. The standard InChI is InChI=1S/C18H19N3O4/c1-3-24-15-6-5-13(8-16(15)25-4-2)18(23)21-17(19)14-7-12(11-22)9-20-10-14/h5-11H,3-4H2,1-2H3,(H2,19,21,23). The number of hydrogen-bond donors (Lipinski definition) is 1. The summed E-state index contributed by atoms with van der Waals surface area (Å²) in [4.78, 5) is 30.9. The topological polar surface area (TPSA) is 104 Å². The lowest BCUT2D eigenvalue weighted by atomic mass is 10.1. The number of aldehydes is 1. The fourth-order valence-electron chi connectivity index (χ4n) is 2.08. The maximum atomic E-state index is 12.4. The average Bonchev–Trinajstić information content (AvgIpc) is 2.63. The molecule has 0 fully saturated rings. The van der Waals surface area contributed by atoms with E-state index in [1.54, 1.807) is 18.2 Å². The number of aromatic nitrogens is 1. The number of carbonyl (C=O) groups is 2. The average molecular weight is 341 g/mol. The molecular weight excluding hydrogens is 322 g/mol. The molecule has 1 amide bonds. The van der Waals surface area contributed by atoms with Crippen LogP contribution in [-0.2, 0) is 0 Å². The van der Waals surface area contributed by atoms with Gasteiger partial charge in [-0.1, -0.05) is 0 Å². The van der Waals surface area contributed by atoms with E-state index in [-0.39, 0.29) is 5.84 Å². The van der Waals surface area contributed by atoms with Crippen LogP contribution in [0.25, 0.3) is 0 Å². The van der Waals surface area contributed by atoms with E-state index in [1.165, 1.54) is 18.5 Å². The maximum absolute atomic E-state index is 12.4. The van der Waals surface area contributed by atoms with Crippen LogP contribution in [-0.4, -0.2) is 36.2 Å². The normalized spacial score (nSPS) is 11.0. The van der Waals surface area contributed by atoms with Gasteiger partial charge in [0, 0.05) is 29.1 Å². The van der Waals surface area contributed by atoms with Crippen molar-refractivity contribution in [1.29, 1.82) is 0 Å². The van der Waals surface area contributed by atoms with E-state index in [1.807, 2.05) is 13.8 Å². The zero-order valence-electron chi connectivity index (χ0n) is 14.1. The molecule has 0 unspecified atom stereocenters. The van der Waals surface area contributed by atoms with Gasteiger partial charge in [0.2, 0.25) is 0 Å². The van der Waals surface area contributed by atoms with Gasteiger partial charge < -0.3 is 15.2 Å². The summed E-state index contributed by atoms with van der Waals surface area (Å²) in [6.07, 6.45) is 3.47. The van der Waals surface area contributed by atoms with Crippen LogP contribution in [0.5, 0.6) is 11.5 Å². The summed E-state index contributed by atoms with van der Waals surface area (Å²) >= 11 is 0. The number of ether oxygens (including phenoxy) is 2. The second kappa shape index (κ2) is 8.58. The van der Waals surface area contributed by atoms with Crippen molar-refractivity contribution in [2.24, 2.45) is 10.7 Å². The molecule has 2 aromatic rings. The van der Waals surface area contributed by atoms with Crippen molar-refractivity contribution >= 4 is 18.0 Å². The van der Waals surface area contributed by atoms with Gasteiger partial charge in [0.15, 0.2) is 17.8 Å². The number of hydrogen-bond acceptors (Lipinski definition) is 5. The molecule has 7 heteroatoms. The Labute approximate surface area is 145 Å². The van der Waals surface area contributed by atoms with E-state index >= 15 is 0 Å². The van der Waals surface area contributed by atoms with Crippen molar-refractivity contribution in [2.75, 3.05) is 13.2 Å². The van der Waals surface area contributed by atoms with E-state index in [2.05, 4.69) is 9.98 Å². The Kier molecular flexibility index (Phi) is 6.22. The third-order valence-corrected chi connectivity index (χ3v) is 3.20. The lowest BCUT2D eigenvalue weighted by molar-refractivity contribution is 0.100. The zero-order valence-corrected chi connectivity index (χ0v) is 14.1. The molecule has 0 aliphatic carbocycles. The minimum Gasteiger partial charge on any atom is -0.490 e. The third kappa shape index (κ3) is 4.63. The number of carbonyl (C=O) groups excluding carboxylic acids is 2. The molecule has 2 rings (SSSR count). The molecule has 1 aromatic carbocycles. The Morgan fingerprint density at radius 3 is 2.52 bits per heavy atom. The molecule has 2 N–H and O–H groups in total. The third-order valence-electron chi connectivity index (χ3n) is 3.20. The molecule has 1 heterocycles. The van der Waals surface area contributed by atoms with Crippen molar-refractivity contribution in [2.45, 2.75) is 13.8 Å². The molecule has 0 bridgehead atoms. The number of amides is 1. The summed E-state index contributed by atoms with van der Waals surface area (Å²) in [6.45, 7) is 4.63. The summed E-state index contributed by atoms with van der Waals surface area (Å²) < 4.78 is 11.0. The van der Waals surface area contributed by atoms with Gasteiger partial charge in [-0.25, -0.2) is 0 Å². The van der Waals surface area contributed by atoms with Gasteiger partial charge in [-0.3, -0.25) is 14.6 Å². The number of nitrogens with zero attached hydrogens (tertiary/aromatic N) is 2. The highest BCUT2D eigenvalue weighted by molar-refractivity contribution is 6.09. The fraction of sp³-hybridized carbons (Fsp3) is 0.222. The van der Waals surface area contributed by atoms with Gasteiger partial charge >= 0.3 is 0 Å². The first-order valence-electron chi connectivity index (χ1n) is 7.77. The summed E-state index contributed by atoms with van der Waals surface area (Å²) in [7, 11) is 0. The number of benzene rings is 1. The van der Waals surface area contributed by atoms with Gasteiger partial charge in [-0.2, -0.15) is 4.99 Å². The molecule has 0 atom stereocenters. The van der Waals surface area contributed by atoms with Crippen molar-refractivity contribution in [3.63, 3.8) is 0 Å². The molecule has 0 radical (unpaired) electrons. The Bertz CT molecular complexity index is 803. The van der Waals surface area contributed by atoms with Gasteiger partial charge in [-0.15, -0.1) is 0 Å². The van der Waals surface area contributed by atoms with Gasteiger partial charge in [0.1, 0.15) is 5.84 Å². The number of pyridine rings is 1. The van der Waals surface area contributed by atoms with Gasteiger partial charge in [0.25, 0.3) is 5.91 Å². The number of aliphatic imine (C=N–C) groups is 1. The van der Waals surface area contributed by atoms with E-state index in [0.717, 1.165) is 0 Å². The fourth-order valence-corrected chi connectivity index (χ4v) is 2.08. The highest BCUT2D eigenvalue weighted by Gasteiger charge is 2.12. The van der Waals surface area contributed by atoms with Crippen LogP contribution in [0.15, 0.2) is 41.7 Å². The number of nitrogens with two attached hydrogens (primary N) is 1. The van der Waals surface area contributed by atoms with Crippen LogP contribution in [0.4, 0.5) is 0 Å². The quantitative estimate of drug-likeness (QED) is 0.470. The van der Waals surface area contributed by atoms with E-state index in [9.17, 15) is 9.59 Å². The molecule has 130 valence electrons. The number of rotatable bonds is 7. The van der Waals surface area contributed by atoms with Crippen molar-refractivity contribution in [1.82, 2.24) is 4.98 Å². The second-order valence-corrected chi connectivity index (χ2v) is 4.95. The Morgan fingerprint density at radius 1 is 1.12 bits per heavy atom. The lowest BCUT2D eigenvalue weighted by Gasteiger charge is -2.11. The molecular formula is C18H19N3O4. The first-order chi connectivity index (χ1) is 12.1. The van der Waals surface area contributed by atoms with Gasteiger partial charge in [-0.05, 0) is 38.1 Å². The van der Waals surface area contributed by atoms with Crippen molar-refractivity contribution in [3.8, 4) is 11.5 Å². The van der Waals surface area contributed by atoms with Crippen LogP contribution >= 0.6 is 0 Å². The molecule has 0 aliphatic heterocycles. The highest BCUT2D eigenvalue weighted by atomic mass is 16.5. The van der Waals surface area contributed by atoms with E-state index in [4.69, 9.17) is 15.2 Å². The molecule has 0 aliphatic rings. The first kappa shape index (κ1) is 18.1. The Hall–Kier alpha value is -3.22. The summed E-state index contributed by atoms with van der Waals surface area (Å²) in [6, 6.07) is 6.32. The monoisotopic (exact) mass is 341 g/mol. The zero-order chi connectivity index (χ0) is 18.2. The number of amidine groups is 1. The minimum absolute atomic E-state index is 0.0203. The maximum Gasteiger partial charge on any atom is 0.279 e. The predicted octanol–water partition coefficient (Wildman–Crippen LogP) is 2.24. The van der Waals surface area contributed by atoms with Crippen LogP contribution in [0.2, 0.25) is 0 Å². The molecule has 25 heavy (non-hydrogen) atoms. The molecule has 0 spiro atoms. The molecule has 7 nitrogen and oxygen atoms in total. The van der Waals surface area contributed by atoms with Crippen molar-refractivity contribution < 1.29 is 19.1 Å². The van der Waals surface area contributed by atoms with Gasteiger partial charge in [0.05, 0.1) is 13.2 Å². The van der Waals surface area contributed by atoms with Crippen LogP contribution < -0.4 is 15.2 Å². The largest absolute Gasteiger partial charge is 0.490 e. The molecule has 0 saturated heterocycles.